The number of hydrogen-bond donors (Lipinski definition) is 2. The van der Waals surface area contributed by atoms with Gasteiger partial charge >= 0.3 is 0 Å². The third kappa shape index (κ3) is 2.96. The molecule has 1 aliphatic heterocycles. The molecular weight excluding hydrogens is 304 g/mol. The van der Waals surface area contributed by atoms with Gasteiger partial charge in [0.1, 0.15) is 11.6 Å². The predicted molar refractivity (Wildman–Crippen MR) is 81.3 cm³/mol. The fraction of sp³-hybridized carbons (Fsp3) is 0.286. The Bertz CT molecular complexity index is 743. The molecule has 7 nitrogen and oxygen atoms in total. The van der Waals surface area contributed by atoms with Crippen molar-refractivity contribution in [2.75, 3.05) is 11.9 Å². The maximum absolute atomic E-state index is 12.5. The molecule has 1 atom stereocenters. The summed E-state index contributed by atoms with van der Waals surface area (Å²) >= 11 is 1.28. The van der Waals surface area contributed by atoms with Gasteiger partial charge in [0.15, 0.2) is 12.4 Å². The molecule has 1 unspecified atom stereocenters. The van der Waals surface area contributed by atoms with E-state index < -0.39 is 0 Å². The van der Waals surface area contributed by atoms with E-state index in [4.69, 9.17) is 4.74 Å². The average Bonchev–Trinajstić information content (AvgIpc) is 2.90. The van der Waals surface area contributed by atoms with Gasteiger partial charge in [-0.05, 0) is 32.0 Å². The van der Waals surface area contributed by atoms with Crippen molar-refractivity contribution >= 4 is 29.1 Å². The van der Waals surface area contributed by atoms with Crippen LogP contribution in [0, 0.1) is 6.92 Å². The second-order valence-electron chi connectivity index (χ2n) is 4.88. The van der Waals surface area contributed by atoms with Gasteiger partial charge in [0.2, 0.25) is 5.16 Å². The highest BCUT2D eigenvalue weighted by atomic mass is 32.2. The summed E-state index contributed by atoms with van der Waals surface area (Å²) < 4.78 is 5.28. The van der Waals surface area contributed by atoms with Crippen LogP contribution in [0.5, 0.6) is 5.75 Å². The second kappa shape index (κ2) is 5.80. The summed E-state index contributed by atoms with van der Waals surface area (Å²) in [6.45, 7) is 3.60. The molecule has 3 rings (SSSR count). The van der Waals surface area contributed by atoms with Gasteiger partial charge in [-0.2, -0.15) is 0 Å². The summed E-state index contributed by atoms with van der Waals surface area (Å²) in [6.07, 6.45) is 0. The number of carbonyl (C=O) groups excluding carboxylic acids is 2. The summed E-state index contributed by atoms with van der Waals surface area (Å²) in [6, 6.07) is 5.02. The van der Waals surface area contributed by atoms with Gasteiger partial charge in [0.05, 0.1) is 10.9 Å². The maximum atomic E-state index is 12.5. The van der Waals surface area contributed by atoms with E-state index in [1.165, 1.54) is 11.8 Å². The first kappa shape index (κ1) is 14.6. The lowest BCUT2D eigenvalue weighted by Gasteiger charge is -2.18. The van der Waals surface area contributed by atoms with Crippen molar-refractivity contribution in [3.63, 3.8) is 0 Å². The molecule has 1 aromatic heterocycles. The number of rotatable bonds is 4. The number of hydrogen-bond acceptors (Lipinski definition) is 6. The zero-order valence-corrected chi connectivity index (χ0v) is 12.9. The minimum absolute atomic E-state index is 0.00325. The third-order valence-electron chi connectivity index (χ3n) is 3.13. The molecule has 1 aliphatic rings. The molecule has 0 saturated carbocycles. The number of thioether (sulfide) groups is 1. The number of aromatic nitrogens is 3. The van der Waals surface area contributed by atoms with Crippen LogP contribution >= 0.6 is 11.8 Å². The highest BCUT2D eigenvalue weighted by molar-refractivity contribution is 8.00. The van der Waals surface area contributed by atoms with E-state index in [0.29, 0.717) is 28.0 Å². The van der Waals surface area contributed by atoms with Gasteiger partial charge in [-0.3, -0.25) is 14.7 Å². The number of H-pyrrole nitrogens is 1. The van der Waals surface area contributed by atoms with Gasteiger partial charge in [0.25, 0.3) is 5.91 Å². The van der Waals surface area contributed by atoms with Gasteiger partial charge in [0, 0.05) is 5.56 Å². The first-order chi connectivity index (χ1) is 10.5. The van der Waals surface area contributed by atoms with Gasteiger partial charge in [-0.1, -0.05) is 11.8 Å². The Kier molecular flexibility index (Phi) is 3.84. The van der Waals surface area contributed by atoms with E-state index in [0.717, 1.165) is 0 Å². The minimum Gasteiger partial charge on any atom is -0.482 e. The predicted octanol–water partition coefficient (Wildman–Crippen LogP) is 1.81. The summed E-state index contributed by atoms with van der Waals surface area (Å²) in [4.78, 5) is 28.0. The zero-order valence-electron chi connectivity index (χ0n) is 12.0. The number of ether oxygens (including phenoxy) is 1. The summed E-state index contributed by atoms with van der Waals surface area (Å²) in [5.41, 5.74) is 1.03. The fourth-order valence-corrected chi connectivity index (χ4v) is 2.90. The number of carbonyl (C=O) groups is 2. The largest absolute Gasteiger partial charge is 0.482 e. The molecular formula is C14H14N4O3S. The van der Waals surface area contributed by atoms with Crippen LogP contribution in [0.4, 0.5) is 5.69 Å². The number of nitrogens with zero attached hydrogens (tertiary/aromatic N) is 2. The quantitative estimate of drug-likeness (QED) is 0.659. The zero-order chi connectivity index (χ0) is 15.7. The van der Waals surface area contributed by atoms with Crippen molar-refractivity contribution in [1.29, 1.82) is 0 Å². The number of ketones is 1. The van der Waals surface area contributed by atoms with E-state index in [1.807, 2.05) is 0 Å². The van der Waals surface area contributed by atoms with E-state index >= 15 is 0 Å². The Morgan fingerprint density at radius 2 is 2.27 bits per heavy atom. The molecule has 0 fully saturated rings. The molecule has 2 N–H and O–H groups in total. The summed E-state index contributed by atoms with van der Waals surface area (Å²) in [5.74, 6) is 0.989. The minimum atomic E-state index is -0.339. The van der Waals surface area contributed by atoms with Crippen molar-refractivity contribution in [3.8, 4) is 5.75 Å². The lowest BCUT2D eigenvalue weighted by atomic mass is 10.1. The third-order valence-corrected chi connectivity index (χ3v) is 4.09. The van der Waals surface area contributed by atoms with Crippen LogP contribution in [0.3, 0.4) is 0 Å². The van der Waals surface area contributed by atoms with Crippen molar-refractivity contribution in [3.05, 3.63) is 29.6 Å². The number of anilines is 1. The topological polar surface area (TPSA) is 97.0 Å². The van der Waals surface area contributed by atoms with Crippen molar-refractivity contribution in [1.82, 2.24) is 15.2 Å². The van der Waals surface area contributed by atoms with Gasteiger partial charge < -0.3 is 10.1 Å². The number of Topliss-reactive ketones (excluding diaryl/α,β-unsaturated/α-hetero) is 1. The Labute approximate surface area is 130 Å². The Morgan fingerprint density at radius 3 is 3.00 bits per heavy atom. The maximum Gasteiger partial charge on any atom is 0.262 e. The Morgan fingerprint density at radius 1 is 1.45 bits per heavy atom. The van der Waals surface area contributed by atoms with Crippen LogP contribution in [0.1, 0.15) is 23.1 Å². The lowest BCUT2D eigenvalue weighted by molar-refractivity contribution is -0.118. The van der Waals surface area contributed by atoms with E-state index in [2.05, 4.69) is 20.5 Å². The summed E-state index contributed by atoms with van der Waals surface area (Å²) in [5, 5.41) is 9.64. The van der Waals surface area contributed by atoms with Crippen LogP contribution in [0.15, 0.2) is 23.4 Å². The van der Waals surface area contributed by atoms with Crippen molar-refractivity contribution in [2.45, 2.75) is 24.3 Å². The monoisotopic (exact) mass is 318 g/mol. The molecule has 114 valence electrons. The number of benzene rings is 1. The molecule has 0 saturated heterocycles. The Hall–Kier alpha value is -2.35. The number of aromatic amines is 1. The highest BCUT2D eigenvalue weighted by Gasteiger charge is 2.22. The normalized spacial score (nSPS) is 14.7. The standard InChI is InChI=1S/C14H14N4O3S/c1-7(22-14-15-8(2)17-18-14)13(20)9-3-4-11-10(5-9)16-12(19)6-21-11/h3-5,7H,6H2,1-2H3,(H,16,19)(H,15,17,18). The lowest BCUT2D eigenvalue weighted by Crippen LogP contribution is -2.25. The number of nitrogens with one attached hydrogen (secondary N) is 2. The smallest absolute Gasteiger partial charge is 0.262 e. The molecule has 22 heavy (non-hydrogen) atoms. The molecule has 8 heteroatoms. The van der Waals surface area contributed by atoms with Crippen LogP contribution < -0.4 is 10.1 Å². The van der Waals surface area contributed by atoms with E-state index in [1.54, 1.807) is 32.0 Å². The summed E-state index contributed by atoms with van der Waals surface area (Å²) in [7, 11) is 0. The number of amides is 1. The molecule has 1 aromatic carbocycles. The SMILES string of the molecule is Cc1nc(SC(C)C(=O)c2ccc3c(c2)NC(=O)CO3)n[nH]1. The molecule has 0 radical (unpaired) electrons. The van der Waals surface area contributed by atoms with Gasteiger partial charge in [-0.15, -0.1) is 5.10 Å². The molecule has 1 amide bonds. The number of aryl methyl sites for hydroxylation is 1. The first-order valence-electron chi connectivity index (χ1n) is 6.69. The van der Waals surface area contributed by atoms with Crippen LogP contribution in [0.2, 0.25) is 0 Å². The molecule has 0 bridgehead atoms. The molecule has 0 aliphatic carbocycles. The Balaban J connectivity index is 1.77. The second-order valence-corrected chi connectivity index (χ2v) is 6.18. The molecule has 2 aromatic rings. The first-order valence-corrected chi connectivity index (χ1v) is 7.57. The van der Waals surface area contributed by atoms with E-state index in [-0.39, 0.29) is 23.5 Å². The average molecular weight is 318 g/mol. The molecule has 0 spiro atoms. The van der Waals surface area contributed by atoms with Crippen LogP contribution in [0.25, 0.3) is 0 Å². The molecule has 2 heterocycles. The number of fused-ring (bicyclic) bond motifs is 1. The van der Waals surface area contributed by atoms with Crippen molar-refractivity contribution in [2.24, 2.45) is 0 Å². The highest BCUT2D eigenvalue weighted by Crippen LogP contribution is 2.30. The van der Waals surface area contributed by atoms with Crippen LogP contribution in [-0.4, -0.2) is 38.7 Å². The van der Waals surface area contributed by atoms with Crippen LogP contribution in [-0.2, 0) is 4.79 Å². The van der Waals surface area contributed by atoms with Gasteiger partial charge in [-0.25, -0.2) is 4.98 Å². The fourth-order valence-electron chi connectivity index (χ4n) is 2.06. The van der Waals surface area contributed by atoms with Crippen molar-refractivity contribution < 1.29 is 14.3 Å². The van der Waals surface area contributed by atoms with E-state index in [9.17, 15) is 9.59 Å².